The number of nitrogens with zero attached hydrogens (tertiary/aromatic N) is 1. The minimum Gasteiger partial charge on any atom is -0.316 e. The Hall–Kier alpha value is -1.13. The first-order valence-corrected chi connectivity index (χ1v) is 5.66. The molecule has 0 radical (unpaired) electrons. The molecule has 2 fully saturated rings. The van der Waals surface area contributed by atoms with Gasteiger partial charge in [-0.15, -0.1) is 0 Å². The molecule has 1 N–H and O–H groups in total. The third kappa shape index (κ3) is 1.26. The summed E-state index contributed by atoms with van der Waals surface area (Å²) in [6.45, 7) is 2.01. The van der Waals surface area contributed by atoms with Gasteiger partial charge in [0.25, 0.3) is 5.69 Å². The minimum atomic E-state index is -0.443. The van der Waals surface area contributed by atoms with Crippen LogP contribution in [0.1, 0.15) is 12.0 Å². The van der Waals surface area contributed by atoms with E-state index in [9.17, 15) is 10.1 Å². The first kappa shape index (κ1) is 10.1. The predicted octanol–water partition coefficient (Wildman–Crippen LogP) is 2.11. The summed E-state index contributed by atoms with van der Waals surface area (Å²) in [6, 6.07) is 5.11. The lowest BCUT2D eigenvalue weighted by Gasteiger charge is -2.12. The van der Waals surface area contributed by atoms with E-state index in [1.807, 2.05) is 6.07 Å². The predicted molar refractivity (Wildman–Crippen MR) is 60.8 cm³/mol. The maximum Gasteiger partial charge on any atom is 0.287 e. The summed E-state index contributed by atoms with van der Waals surface area (Å²) in [7, 11) is 0. The molecular weight excluding hydrogens is 228 g/mol. The van der Waals surface area contributed by atoms with Crippen LogP contribution in [0.4, 0.5) is 5.69 Å². The van der Waals surface area contributed by atoms with E-state index in [0.717, 1.165) is 18.7 Å². The molecule has 16 heavy (non-hydrogen) atoms. The molecule has 0 aromatic heterocycles. The van der Waals surface area contributed by atoms with Crippen molar-refractivity contribution in [1.82, 2.24) is 5.32 Å². The van der Waals surface area contributed by atoms with Crippen LogP contribution in [-0.4, -0.2) is 18.0 Å². The molecule has 0 bridgehead atoms. The molecule has 84 valence electrons. The maximum absolute atomic E-state index is 10.7. The second-order valence-electron chi connectivity index (χ2n) is 4.61. The Labute approximate surface area is 97.8 Å². The van der Waals surface area contributed by atoms with E-state index >= 15 is 0 Å². The lowest BCUT2D eigenvalue weighted by molar-refractivity contribution is -0.384. The SMILES string of the molecule is O=[N+]([O-])c1ccc(C23CNCC2C3)cc1Cl. The summed E-state index contributed by atoms with van der Waals surface area (Å²) in [5.74, 6) is 0.685. The van der Waals surface area contributed by atoms with Crippen LogP contribution < -0.4 is 5.32 Å². The van der Waals surface area contributed by atoms with Crippen molar-refractivity contribution in [1.29, 1.82) is 0 Å². The molecule has 2 aliphatic rings. The van der Waals surface area contributed by atoms with Gasteiger partial charge in [0.05, 0.1) is 4.92 Å². The number of hydrogen-bond acceptors (Lipinski definition) is 3. The second-order valence-corrected chi connectivity index (χ2v) is 5.02. The van der Waals surface area contributed by atoms with Crippen LogP contribution in [0.3, 0.4) is 0 Å². The fourth-order valence-corrected chi connectivity index (χ4v) is 3.00. The normalized spacial score (nSPS) is 31.2. The van der Waals surface area contributed by atoms with Gasteiger partial charge in [-0.2, -0.15) is 0 Å². The van der Waals surface area contributed by atoms with Gasteiger partial charge in [0.1, 0.15) is 5.02 Å². The van der Waals surface area contributed by atoms with E-state index in [0.29, 0.717) is 5.92 Å². The molecule has 0 spiro atoms. The molecule has 1 heterocycles. The molecule has 1 saturated carbocycles. The number of halogens is 1. The number of nitro groups is 1. The van der Waals surface area contributed by atoms with Gasteiger partial charge in [-0.3, -0.25) is 10.1 Å². The summed E-state index contributed by atoms with van der Waals surface area (Å²) in [6.07, 6.45) is 1.17. The molecule has 0 amide bonds. The van der Waals surface area contributed by atoms with E-state index in [2.05, 4.69) is 5.32 Å². The van der Waals surface area contributed by atoms with Gasteiger partial charge < -0.3 is 5.32 Å². The van der Waals surface area contributed by atoms with E-state index in [1.165, 1.54) is 12.5 Å². The van der Waals surface area contributed by atoms with Crippen molar-refractivity contribution in [2.24, 2.45) is 5.92 Å². The Morgan fingerprint density at radius 1 is 1.56 bits per heavy atom. The Morgan fingerprint density at radius 3 is 2.88 bits per heavy atom. The number of nitro benzene ring substituents is 1. The van der Waals surface area contributed by atoms with Crippen LogP contribution in [-0.2, 0) is 5.41 Å². The highest BCUT2D eigenvalue weighted by Crippen LogP contribution is 2.56. The van der Waals surface area contributed by atoms with Crippen LogP contribution in [0.5, 0.6) is 0 Å². The lowest BCUT2D eigenvalue weighted by atomic mass is 9.95. The summed E-state index contributed by atoms with van der Waals surface area (Å²) in [4.78, 5) is 10.2. The number of benzene rings is 1. The van der Waals surface area contributed by atoms with E-state index in [1.54, 1.807) is 6.07 Å². The van der Waals surface area contributed by atoms with Crippen molar-refractivity contribution in [3.63, 3.8) is 0 Å². The number of nitrogens with one attached hydrogen (secondary N) is 1. The molecular formula is C11H11ClN2O2. The second kappa shape index (κ2) is 3.18. The van der Waals surface area contributed by atoms with E-state index in [-0.39, 0.29) is 16.1 Å². The highest BCUT2D eigenvalue weighted by atomic mass is 35.5. The monoisotopic (exact) mass is 238 g/mol. The van der Waals surface area contributed by atoms with Crippen molar-refractivity contribution in [3.05, 3.63) is 38.9 Å². The van der Waals surface area contributed by atoms with Crippen molar-refractivity contribution in [2.45, 2.75) is 11.8 Å². The van der Waals surface area contributed by atoms with Gasteiger partial charge >= 0.3 is 0 Å². The van der Waals surface area contributed by atoms with Crippen molar-refractivity contribution < 1.29 is 4.92 Å². The molecule has 1 aromatic rings. The van der Waals surface area contributed by atoms with Gasteiger partial charge in [0.2, 0.25) is 0 Å². The van der Waals surface area contributed by atoms with Crippen molar-refractivity contribution in [2.75, 3.05) is 13.1 Å². The quantitative estimate of drug-likeness (QED) is 0.634. The first-order valence-electron chi connectivity index (χ1n) is 5.29. The summed E-state index contributed by atoms with van der Waals surface area (Å²) in [5.41, 5.74) is 1.33. The third-order valence-electron chi connectivity index (χ3n) is 3.78. The fraction of sp³-hybridized carbons (Fsp3) is 0.455. The van der Waals surface area contributed by atoms with Gasteiger partial charge in [-0.25, -0.2) is 0 Å². The van der Waals surface area contributed by atoms with Crippen LogP contribution in [0.25, 0.3) is 0 Å². The van der Waals surface area contributed by atoms with Crippen LogP contribution in [0.15, 0.2) is 18.2 Å². The summed E-state index contributed by atoms with van der Waals surface area (Å²) >= 11 is 5.92. The number of rotatable bonds is 2. The summed E-state index contributed by atoms with van der Waals surface area (Å²) in [5, 5.41) is 14.2. The Bertz CT molecular complexity index is 477. The van der Waals surface area contributed by atoms with Crippen LogP contribution in [0, 0.1) is 16.0 Å². The van der Waals surface area contributed by atoms with Gasteiger partial charge in [-0.05, 0) is 30.5 Å². The largest absolute Gasteiger partial charge is 0.316 e. The molecule has 4 nitrogen and oxygen atoms in total. The Morgan fingerprint density at radius 2 is 2.38 bits per heavy atom. The standard InChI is InChI=1S/C11H11ClN2O2/c12-9-3-7(1-2-10(9)14(15)16)11-4-8(11)5-13-6-11/h1-3,8,13H,4-6H2. The molecule has 1 saturated heterocycles. The van der Waals surface area contributed by atoms with E-state index < -0.39 is 4.92 Å². The molecule has 5 heteroatoms. The number of hydrogen-bond donors (Lipinski definition) is 1. The minimum absolute atomic E-state index is 0.00928. The molecule has 2 atom stereocenters. The van der Waals surface area contributed by atoms with Crippen molar-refractivity contribution in [3.8, 4) is 0 Å². The van der Waals surface area contributed by atoms with Crippen molar-refractivity contribution >= 4 is 17.3 Å². The van der Waals surface area contributed by atoms with Gasteiger partial charge in [0, 0.05) is 18.0 Å². The van der Waals surface area contributed by atoms with Gasteiger partial charge in [0.15, 0.2) is 0 Å². The highest BCUT2D eigenvalue weighted by Gasteiger charge is 2.58. The zero-order valence-electron chi connectivity index (χ0n) is 8.57. The molecule has 1 aromatic carbocycles. The zero-order valence-corrected chi connectivity index (χ0v) is 9.33. The Kier molecular flexibility index (Phi) is 2.00. The van der Waals surface area contributed by atoms with Crippen LogP contribution in [0.2, 0.25) is 5.02 Å². The van der Waals surface area contributed by atoms with Gasteiger partial charge in [-0.1, -0.05) is 17.7 Å². The fourth-order valence-electron chi connectivity index (χ4n) is 2.75. The maximum atomic E-state index is 10.7. The number of piperidine rings is 1. The first-order chi connectivity index (χ1) is 7.63. The molecule has 1 aliphatic carbocycles. The lowest BCUT2D eigenvalue weighted by Crippen LogP contribution is -2.19. The number of fused-ring (bicyclic) bond motifs is 1. The summed E-state index contributed by atoms with van der Waals surface area (Å²) < 4.78 is 0. The zero-order chi connectivity index (χ0) is 11.3. The van der Waals surface area contributed by atoms with E-state index in [4.69, 9.17) is 11.6 Å². The molecule has 1 aliphatic heterocycles. The average molecular weight is 239 g/mol. The average Bonchev–Trinajstić information content (AvgIpc) is 2.81. The Balaban J connectivity index is 1.99. The molecule has 3 rings (SSSR count). The smallest absolute Gasteiger partial charge is 0.287 e. The molecule has 2 unspecified atom stereocenters. The third-order valence-corrected chi connectivity index (χ3v) is 4.09. The topological polar surface area (TPSA) is 55.2 Å². The van der Waals surface area contributed by atoms with Crippen LogP contribution >= 0.6 is 11.6 Å². The highest BCUT2D eigenvalue weighted by molar-refractivity contribution is 6.32.